The Kier molecular flexibility index (Phi) is 3.86. The summed E-state index contributed by atoms with van der Waals surface area (Å²) >= 11 is 0. The maximum absolute atomic E-state index is 12.1. The third-order valence-corrected chi connectivity index (χ3v) is 5.56. The van der Waals surface area contributed by atoms with E-state index in [9.17, 15) is 18.3 Å². The molecule has 0 radical (unpaired) electrons. The first-order valence-corrected chi connectivity index (χ1v) is 7.70. The van der Waals surface area contributed by atoms with Crippen molar-refractivity contribution < 1.29 is 23.4 Å². The molecule has 1 aliphatic carbocycles. The fourth-order valence-electron chi connectivity index (χ4n) is 2.14. The number of nitrogens with zero attached hydrogens (tertiary/aromatic N) is 1. The van der Waals surface area contributed by atoms with Gasteiger partial charge in [-0.05, 0) is 30.5 Å². The van der Waals surface area contributed by atoms with Crippen LogP contribution < -0.4 is 0 Å². The minimum Gasteiger partial charge on any atom is -0.481 e. The number of carboxylic acids is 1. The normalized spacial score (nSPS) is 17.1. The zero-order chi connectivity index (χ0) is 15.0. The molecule has 7 heteroatoms. The van der Waals surface area contributed by atoms with Crippen LogP contribution >= 0.6 is 0 Å². The second-order valence-corrected chi connectivity index (χ2v) is 7.01. The van der Waals surface area contributed by atoms with Gasteiger partial charge in [-0.25, -0.2) is 8.42 Å². The molecule has 1 aromatic rings. The number of hydrogen-bond donors (Lipinski definition) is 2. The number of benzene rings is 1. The number of aliphatic hydroxyl groups excluding tert-OH is 1. The van der Waals surface area contributed by atoms with Crippen molar-refractivity contribution in [3.8, 4) is 0 Å². The van der Waals surface area contributed by atoms with Crippen LogP contribution in [0.5, 0.6) is 0 Å². The maximum atomic E-state index is 12.1. The number of aliphatic carboxylic acids is 1. The molecule has 0 bridgehead atoms. The molecule has 0 amide bonds. The Morgan fingerprint density at radius 1 is 1.30 bits per heavy atom. The minimum atomic E-state index is -3.64. The second-order valence-electron chi connectivity index (χ2n) is 4.96. The van der Waals surface area contributed by atoms with Gasteiger partial charge < -0.3 is 10.2 Å². The van der Waals surface area contributed by atoms with Gasteiger partial charge in [-0.15, -0.1) is 0 Å². The summed E-state index contributed by atoms with van der Waals surface area (Å²) in [5.41, 5.74) is -0.201. The summed E-state index contributed by atoms with van der Waals surface area (Å²) in [7, 11) is -2.25. The molecular formula is C13H17NO5S. The lowest BCUT2D eigenvalue weighted by Crippen LogP contribution is -2.29. The van der Waals surface area contributed by atoms with E-state index in [2.05, 4.69) is 0 Å². The number of hydrogen-bond acceptors (Lipinski definition) is 4. The van der Waals surface area contributed by atoms with Gasteiger partial charge in [-0.2, -0.15) is 4.31 Å². The van der Waals surface area contributed by atoms with E-state index in [-0.39, 0.29) is 18.0 Å². The molecule has 1 fully saturated rings. The highest BCUT2D eigenvalue weighted by Crippen LogP contribution is 2.48. The lowest BCUT2D eigenvalue weighted by molar-refractivity contribution is -0.140. The molecule has 0 unspecified atom stereocenters. The average molecular weight is 299 g/mol. The van der Waals surface area contributed by atoms with Crippen molar-refractivity contribution in [2.75, 3.05) is 20.2 Å². The van der Waals surface area contributed by atoms with Gasteiger partial charge in [-0.1, -0.05) is 12.1 Å². The van der Waals surface area contributed by atoms with Crippen LogP contribution in [0.4, 0.5) is 0 Å². The smallest absolute Gasteiger partial charge is 0.314 e. The van der Waals surface area contributed by atoms with Gasteiger partial charge in [0.25, 0.3) is 0 Å². The summed E-state index contributed by atoms with van der Waals surface area (Å²) in [6, 6.07) is 5.95. The van der Waals surface area contributed by atoms with Gasteiger partial charge in [0.15, 0.2) is 0 Å². The Morgan fingerprint density at radius 3 is 2.25 bits per heavy atom. The Bertz CT molecular complexity index is 604. The molecule has 2 rings (SSSR count). The Balaban J connectivity index is 2.27. The van der Waals surface area contributed by atoms with Gasteiger partial charge in [0.1, 0.15) is 0 Å². The predicted molar refractivity (Wildman–Crippen MR) is 71.9 cm³/mol. The highest BCUT2D eigenvalue weighted by molar-refractivity contribution is 7.89. The summed E-state index contributed by atoms with van der Waals surface area (Å²) in [4.78, 5) is 11.3. The van der Waals surface area contributed by atoms with Crippen molar-refractivity contribution >= 4 is 16.0 Å². The highest BCUT2D eigenvalue weighted by atomic mass is 32.2. The molecule has 0 aliphatic heterocycles. The zero-order valence-corrected chi connectivity index (χ0v) is 11.9. The summed E-state index contributed by atoms with van der Waals surface area (Å²) in [5, 5.41) is 18.0. The largest absolute Gasteiger partial charge is 0.481 e. The number of aliphatic hydroxyl groups is 1. The van der Waals surface area contributed by atoms with Crippen LogP contribution in [-0.2, 0) is 20.2 Å². The summed E-state index contributed by atoms with van der Waals surface area (Å²) < 4.78 is 25.3. The Labute approximate surface area is 117 Å². The van der Waals surface area contributed by atoms with Gasteiger partial charge in [0, 0.05) is 13.6 Å². The number of rotatable bonds is 6. The molecule has 1 aromatic carbocycles. The molecular weight excluding hydrogens is 282 g/mol. The van der Waals surface area contributed by atoms with Crippen molar-refractivity contribution in [2.24, 2.45) is 0 Å². The lowest BCUT2D eigenvalue weighted by Gasteiger charge is -2.17. The molecule has 0 aromatic heterocycles. The SMILES string of the molecule is CN(CCO)S(=O)(=O)c1ccc(C2(C(=O)O)CC2)cc1. The van der Waals surface area contributed by atoms with Crippen LogP contribution in [0.2, 0.25) is 0 Å². The van der Waals surface area contributed by atoms with Crippen LogP contribution in [-0.4, -0.2) is 49.1 Å². The van der Waals surface area contributed by atoms with Crippen molar-refractivity contribution in [1.82, 2.24) is 4.31 Å². The summed E-state index contributed by atoms with van der Waals surface area (Å²) in [5.74, 6) is -0.870. The minimum absolute atomic E-state index is 0.0170. The standard InChI is InChI=1S/C13H17NO5S/c1-14(8-9-15)20(18,19)11-4-2-10(3-5-11)13(6-7-13)12(16)17/h2-5,15H,6-9H2,1H3,(H,16,17). The number of sulfonamides is 1. The van der Waals surface area contributed by atoms with Crippen molar-refractivity contribution in [3.63, 3.8) is 0 Å². The monoisotopic (exact) mass is 299 g/mol. The quantitative estimate of drug-likeness (QED) is 0.793. The lowest BCUT2D eigenvalue weighted by atomic mass is 9.96. The van der Waals surface area contributed by atoms with Gasteiger partial charge in [-0.3, -0.25) is 4.79 Å². The fraction of sp³-hybridized carbons (Fsp3) is 0.462. The first-order valence-electron chi connectivity index (χ1n) is 6.26. The molecule has 1 aliphatic rings. The van der Waals surface area contributed by atoms with E-state index in [0.29, 0.717) is 18.4 Å². The second kappa shape index (κ2) is 5.16. The van der Waals surface area contributed by atoms with E-state index in [1.165, 1.54) is 19.2 Å². The molecule has 20 heavy (non-hydrogen) atoms. The Morgan fingerprint density at radius 2 is 1.85 bits per heavy atom. The third kappa shape index (κ3) is 2.44. The number of carboxylic acid groups (broad SMARTS) is 1. The predicted octanol–water partition coefficient (Wildman–Crippen LogP) is 0.416. The topological polar surface area (TPSA) is 94.9 Å². The molecule has 2 N–H and O–H groups in total. The maximum Gasteiger partial charge on any atom is 0.314 e. The van der Waals surface area contributed by atoms with Crippen molar-refractivity contribution in [3.05, 3.63) is 29.8 Å². The van der Waals surface area contributed by atoms with E-state index < -0.39 is 21.4 Å². The summed E-state index contributed by atoms with van der Waals surface area (Å²) in [6.07, 6.45) is 1.16. The highest BCUT2D eigenvalue weighted by Gasteiger charge is 2.51. The fourth-order valence-corrected chi connectivity index (χ4v) is 3.30. The van der Waals surface area contributed by atoms with E-state index in [0.717, 1.165) is 4.31 Å². The molecule has 1 saturated carbocycles. The molecule has 0 spiro atoms. The van der Waals surface area contributed by atoms with Gasteiger partial charge in [0.05, 0.1) is 16.9 Å². The first kappa shape index (κ1) is 15.0. The van der Waals surface area contributed by atoms with Crippen LogP contribution in [0.25, 0.3) is 0 Å². The zero-order valence-electron chi connectivity index (χ0n) is 11.1. The van der Waals surface area contributed by atoms with Crippen LogP contribution in [0.1, 0.15) is 18.4 Å². The summed E-state index contributed by atoms with van der Waals surface area (Å²) in [6.45, 7) is -0.237. The van der Waals surface area contributed by atoms with Crippen LogP contribution in [0, 0.1) is 0 Å². The van der Waals surface area contributed by atoms with E-state index >= 15 is 0 Å². The van der Waals surface area contributed by atoms with Crippen LogP contribution in [0.15, 0.2) is 29.2 Å². The molecule has 6 nitrogen and oxygen atoms in total. The van der Waals surface area contributed by atoms with Crippen molar-refractivity contribution in [2.45, 2.75) is 23.2 Å². The molecule has 0 atom stereocenters. The van der Waals surface area contributed by atoms with Crippen LogP contribution in [0.3, 0.4) is 0 Å². The Hall–Kier alpha value is -1.44. The van der Waals surface area contributed by atoms with Gasteiger partial charge >= 0.3 is 5.97 Å². The number of likely N-dealkylation sites (N-methyl/N-ethyl adjacent to an activating group) is 1. The molecule has 0 heterocycles. The van der Waals surface area contributed by atoms with E-state index in [4.69, 9.17) is 5.11 Å². The van der Waals surface area contributed by atoms with E-state index in [1.807, 2.05) is 0 Å². The van der Waals surface area contributed by atoms with Crippen molar-refractivity contribution in [1.29, 1.82) is 0 Å². The number of carbonyl (C=O) groups is 1. The van der Waals surface area contributed by atoms with Gasteiger partial charge in [0.2, 0.25) is 10.0 Å². The first-order chi connectivity index (χ1) is 9.34. The molecule has 110 valence electrons. The van der Waals surface area contributed by atoms with E-state index in [1.54, 1.807) is 12.1 Å². The average Bonchev–Trinajstić information content (AvgIpc) is 3.20. The molecule has 0 saturated heterocycles. The third-order valence-electron chi connectivity index (χ3n) is 3.69.